The number of carbonyl (C=O) groups excluding carboxylic acids is 2. The van der Waals surface area contributed by atoms with E-state index >= 15 is 0 Å². The van der Waals surface area contributed by atoms with Gasteiger partial charge in [0.2, 0.25) is 11.7 Å². The molecule has 0 saturated carbocycles. The summed E-state index contributed by atoms with van der Waals surface area (Å²) in [5.41, 5.74) is 2.64. The highest BCUT2D eigenvalue weighted by Gasteiger charge is 2.29. The minimum absolute atomic E-state index is 0.0182. The van der Waals surface area contributed by atoms with Crippen LogP contribution in [0.15, 0.2) is 98.9 Å². The first-order chi connectivity index (χ1) is 21.6. The minimum Gasteiger partial charge on any atom is -0.467 e. The molecule has 0 spiro atoms. The second-order valence-corrected chi connectivity index (χ2v) is 12.7. The number of hydrogen-bond donors (Lipinski definition) is 0. The molecule has 234 valence electrons. The fourth-order valence-corrected chi connectivity index (χ4v) is 6.92. The first-order valence-corrected chi connectivity index (χ1v) is 16.3. The predicted molar refractivity (Wildman–Crippen MR) is 172 cm³/mol. The number of nitrogens with zero attached hydrogens (tertiary/aromatic N) is 2. The average molecular weight is 649 g/mol. The normalized spacial score (nSPS) is 11.5. The number of sulfonamides is 1. The van der Waals surface area contributed by atoms with Crippen LogP contribution in [0.25, 0.3) is 11.0 Å². The molecule has 0 aliphatic heterocycles. The van der Waals surface area contributed by atoms with Crippen molar-refractivity contribution < 1.29 is 31.6 Å². The van der Waals surface area contributed by atoms with Crippen LogP contribution < -0.4 is 4.31 Å². The molecule has 5 rings (SSSR count). The second-order valence-electron chi connectivity index (χ2n) is 10.4. The van der Waals surface area contributed by atoms with Gasteiger partial charge in [0, 0.05) is 29.1 Å². The van der Waals surface area contributed by atoms with Gasteiger partial charge in [0.15, 0.2) is 0 Å². The van der Waals surface area contributed by atoms with Crippen molar-refractivity contribution in [2.75, 3.05) is 17.5 Å². The number of rotatable bonds is 12. The molecule has 0 atom stereocenters. The molecular weight excluding hydrogens is 616 g/mol. The van der Waals surface area contributed by atoms with Gasteiger partial charge in [-0.3, -0.25) is 9.10 Å². The number of aryl methyl sites for hydroxylation is 1. The Hall–Kier alpha value is -4.54. The van der Waals surface area contributed by atoms with Crippen molar-refractivity contribution in [2.45, 2.75) is 45.2 Å². The van der Waals surface area contributed by atoms with Crippen LogP contribution in [0.4, 0.5) is 5.69 Å². The number of fused-ring (bicyclic) bond motifs is 1. The Balaban J connectivity index is 1.51. The molecule has 0 fully saturated rings. The molecule has 0 aliphatic rings. The van der Waals surface area contributed by atoms with E-state index in [1.165, 1.54) is 22.5 Å². The highest BCUT2D eigenvalue weighted by atomic mass is 35.5. The highest BCUT2D eigenvalue weighted by molar-refractivity contribution is 7.92. The zero-order chi connectivity index (χ0) is 32.1. The quantitative estimate of drug-likeness (QED) is 0.132. The number of carbonyl (C=O) groups is 2. The van der Waals surface area contributed by atoms with Crippen LogP contribution in [0, 0.1) is 6.92 Å². The maximum atomic E-state index is 14.2. The largest absolute Gasteiger partial charge is 0.467 e. The number of hydrogen-bond acceptors (Lipinski definition) is 7. The van der Waals surface area contributed by atoms with Gasteiger partial charge >= 0.3 is 5.97 Å². The van der Waals surface area contributed by atoms with Crippen molar-refractivity contribution in [3.8, 4) is 0 Å². The van der Waals surface area contributed by atoms with Gasteiger partial charge in [0.1, 0.15) is 11.3 Å². The summed E-state index contributed by atoms with van der Waals surface area (Å²) in [6.45, 7) is 5.66. The SMILES string of the molecule is CCOC(=O)c1oc2ccc(S(=O)(=O)N(CC)c3ccc(Cl)cc3CN(Cc3ccco3)C(=O)Cc3ccccc3)cc2c1C. The number of furan rings is 2. The summed E-state index contributed by atoms with van der Waals surface area (Å²) in [5, 5.41) is 0.889. The fourth-order valence-electron chi connectivity index (χ4n) is 5.18. The minimum atomic E-state index is -4.11. The Morgan fingerprint density at radius 3 is 2.40 bits per heavy atom. The lowest BCUT2D eigenvalue weighted by molar-refractivity contribution is -0.132. The molecule has 2 heterocycles. The topological polar surface area (TPSA) is 110 Å². The number of halogens is 1. The van der Waals surface area contributed by atoms with Crippen LogP contribution >= 0.6 is 11.6 Å². The summed E-state index contributed by atoms with van der Waals surface area (Å²) in [4.78, 5) is 27.6. The number of amides is 1. The average Bonchev–Trinajstić information content (AvgIpc) is 3.66. The van der Waals surface area contributed by atoms with E-state index in [0.717, 1.165) is 5.56 Å². The Labute approximate surface area is 267 Å². The maximum Gasteiger partial charge on any atom is 0.374 e. The molecule has 5 aromatic rings. The lowest BCUT2D eigenvalue weighted by Gasteiger charge is -2.28. The Morgan fingerprint density at radius 1 is 0.933 bits per heavy atom. The molecular formula is C34H33ClN2O7S. The smallest absolute Gasteiger partial charge is 0.374 e. The molecule has 45 heavy (non-hydrogen) atoms. The highest BCUT2D eigenvalue weighted by Crippen LogP contribution is 2.34. The molecule has 0 aliphatic carbocycles. The molecule has 11 heteroatoms. The number of esters is 1. The Kier molecular flexibility index (Phi) is 9.65. The molecule has 0 radical (unpaired) electrons. The third-order valence-corrected chi connectivity index (χ3v) is 9.51. The van der Waals surface area contributed by atoms with Gasteiger partial charge < -0.3 is 18.5 Å². The summed E-state index contributed by atoms with van der Waals surface area (Å²) in [6, 6.07) is 22.3. The van der Waals surface area contributed by atoms with Crippen LogP contribution in [0.3, 0.4) is 0 Å². The molecule has 2 aromatic heterocycles. The van der Waals surface area contributed by atoms with Gasteiger partial charge in [0.25, 0.3) is 10.0 Å². The molecule has 0 saturated heterocycles. The molecule has 9 nitrogen and oxygen atoms in total. The summed E-state index contributed by atoms with van der Waals surface area (Å²) < 4.78 is 46.0. The van der Waals surface area contributed by atoms with Gasteiger partial charge in [-0.25, -0.2) is 13.2 Å². The van der Waals surface area contributed by atoms with Crippen molar-refractivity contribution in [1.29, 1.82) is 0 Å². The zero-order valence-electron chi connectivity index (χ0n) is 25.2. The van der Waals surface area contributed by atoms with Crippen molar-refractivity contribution in [3.05, 3.63) is 118 Å². The van der Waals surface area contributed by atoms with Crippen LogP contribution in [0.1, 0.15) is 46.9 Å². The zero-order valence-corrected chi connectivity index (χ0v) is 26.7. The summed E-state index contributed by atoms with van der Waals surface area (Å²) in [7, 11) is -4.11. The first-order valence-electron chi connectivity index (χ1n) is 14.5. The Bertz CT molecular complexity index is 1920. The predicted octanol–water partition coefficient (Wildman–Crippen LogP) is 7.15. The summed E-state index contributed by atoms with van der Waals surface area (Å²) >= 11 is 6.43. The molecule has 0 N–H and O–H groups in total. The van der Waals surface area contributed by atoms with Crippen molar-refractivity contribution in [3.63, 3.8) is 0 Å². The van der Waals surface area contributed by atoms with Crippen LogP contribution in [-0.4, -0.2) is 38.3 Å². The lowest BCUT2D eigenvalue weighted by Crippen LogP contribution is -2.34. The van der Waals surface area contributed by atoms with Gasteiger partial charge in [-0.1, -0.05) is 41.9 Å². The molecule has 0 bridgehead atoms. The van der Waals surface area contributed by atoms with Crippen LogP contribution in [0.5, 0.6) is 0 Å². The van der Waals surface area contributed by atoms with E-state index in [4.69, 9.17) is 25.2 Å². The van der Waals surface area contributed by atoms with E-state index in [1.807, 2.05) is 30.3 Å². The maximum absolute atomic E-state index is 14.2. The Morgan fingerprint density at radius 2 is 1.71 bits per heavy atom. The molecule has 0 unspecified atom stereocenters. The van der Waals surface area contributed by atoms with E-state index in [1.54, 1.807) is 62.3 Å². The second kappa shape index (κ2) is 13.6. The number of benzene rings is 3. The van der Waals surface area contributed by atoms with E-state index in [-0.39, 0.29) is 49.2 Å². The third-order valence-electron chi connectivity index (χ3n) is 7.39. The molecule has 3 aromatic carbocycles. The van der Waals surface area contributed by atoms with E-state index in [0.29, 0.717) is 38.6 Å². The molecule has 1 amide bonds. The van der Waals surface area contributed by atoms with Crippen LogP contribution in [-0.2, 0) is 39.1 Å². The monoisotopic (exact) mass is 648 g/mol. The van der Waals surface area contributed by atoms with E-state index in [9.17, 15) is 18.0 Å². The van der Waals surface area contributed by atoms with Crippen molar-refractivity contribution in [2.24, 2.45) is 0 Å². The van der Waals surface area contributed by atoms with Gasteiger partial charge in [-0.15, -0.1) is 0 Å². The third kappa shape index (κ3) is 6.92. The van der Waals surface area contributed by atoms with Gasteiger partial charge in [-0.2, -0.15) is 0 Å². The van der Waals surface area contributed by atoms with E-state index in [2.05, 4.69) is 0 Å². The van der Waals surface area contributed by atoms with Gasteiger partial charge in [0.05, 0.1) is 36.4 Å². The standard InChI is InChI=1S/C34H33ClN2O7S/c1-4-37(45(40,41)28-14-16-31-29(20-28)23(3)33(44-31)34(39)42-5-2)30-15-13-26(35)19-25(30)21-36(22-27-12-9-17-43-27)32(38)18-24-10-7-6-8-11-24/h6-17,19-20H,4-5,18,21-22H2,1-3H3. The summed E-state index contributed by atoms with van der Waals surface area (Å²) in [5.74, 6) is -0.151. The number of anilines is 1. The first kappa shape index (κ1) is 31.9. The fraction of sp³-hybridized carbons (Fsp3) is 0.235. The van der Waals surface area contributed by atoms with Gasteiger partial charge in [-0.05, 0) is 80.4 Å². The van der Waals surface area contributed by atoms with Crippen molar-refractivity contribution in [1.82, 2.24) is 4.90 Å². The van der Waals surface area contributed by atoms with Crippen LogP contribution in [0.2, 0.25) is 5.02 Å². The number of ether oxygens (including phenoxy) is 1. The van der Waals surface area contributed by atoms with Crippen molar-refractivity contribution >= 4 is 50.2 Å². The lowest BCUT2D eigenvalue weighted by atomic mass is 10.1. The summed E-state index contributed by atoms with van der Waals surface area (Å²) in [6.07, 6.45) is 1.70. The van der Waals surface area contributed by atoms with E-state index < -0.39 is 16.0 Å².